The third-order valence-corrected chi connectivity index (χ3v) is 6.58. The van der Waals surface area contributed by atoms with Gasteiger partial charge >= 0.3 is 0 Å². The molecule has 0 spiro atoms. The van der Waals surface area contributed by atoms with Crippen molar-refractivity contribution in [2.24, 2.45) is 5.92 Å². The van der Waals surface area contributed by atoms with Gasteiger partial charge in [0, 0.05) is 19.3 Å². The Morgan fingerprint density at radius 3 is 2.53 bits per heavy atom. The summed E-state index contributed by atoms with van der Waals surface area (Å²) in [6.45, 7) is 7.13. The predicted molar refractivity (Wildman–Crippen MR) is 120 cm³/mol. The number of hydrogen-bond acceptors (Lipinski definition) is 4. The van der Waals surface area contributed by atoms with Gasteiger partial charge in [-0.2, -0.15) is 0 Å². The van der Waals surface area contributed by atoms with E-state index in [2.05, 4.69) is 45.2 Å². The molecular weight excluding hydrogens is 372 g/mol. The van der Waals surface area contributed by atoms with Crippen LogP contribution in [0.25, 0.3) is 0 Å². The van der Waals surface area contributed by atoms with Crippen LogP contribution in [0.15, 0.2) is 36.5 Å². The van der Waals surface area contributed by atoms with Gasteiger partial charge in [0.2, 0.25) is 0 Å². The summed E-state index contributed by atoms with van der Waals surface area (Å²) in [6, 6.07) is 10.8. The van der Waals surface area contributed by atoms with Crippen molar-refractivity contribution in [1.29, 1.82) is 0 Å². The maximum Gasteiger partial charge on any atom is 0.257 e. The molecule has 160 valence electrons. The van der Waals surface area contributed by atoms with E-state index < -0.39 is 0 Å². The number of aryl methyl sites for hydroxylation is 2. The van der Waals surface area contributed by atoms with Crippen molar-refractivity contribution < 1.29 is 4.79 Å². The first-order valence-corrected chi connectivity index (χ1v) is 11.6. The van der Waals surface area contributed by atoms with Crippen LogP contribution in [-0.2, 0) is 12.8 Å². The third-order valence-electron chi connectivity index (χ3n) is 6.58. The highest BCUT2D eigenvalue weighted by Crippen LogP contribution is 2.24. The monoisotopic (exact) mass is 406 g/mol. The Morgan fingerprint density at radius 2 is 1.80 bits per heavy atom. The molecule has 2 aliphatic rings. The van der Waals surface area contributed by atoms with Crippen molar-refractivity contribution in [3.05, 3.63) is 59.2 Å². The maximum absolute atomic E-state index is 12.9. The van der Waals surface area contributed by atoms with Crippen LogP contribution in [0.4, 0.5) is 0 Å². The largest absolute Gasteiger partial charge is 0.339 e. The molecule has 3 heterocycles. The lowest BCUT2D eigenvalue weighted by atomic mass is 9.90. The number of carbonyl (C=O) groups is 1. The van der Waals surface area contributed by atoms with Gasteiger partial charge in [-0.15, -0.1) is 0 Å². The van der Waals surface area contributed by atoms with Crippen LogP contribution in [0.1, 0.15) is 59.5 Å². The highest BCUT2D eigenvalue weighted by Gasteiger charge is 2.26. The van der Waals surface area contributed by atoms with E-state index in [0.29, 0.717) is 5.92 Å². The molecule has 2 aromatic rings. The Bertz CT molecular complexity index is 824. The molecule has 1 aromatic carbocycles. The average Bonchev–Trinajstić information content (AvgIpc) is 3.31. The summed E-state index contributed by atoms with van der Waals surface area (Å²) >= 11 is 0. The molecule has 0 saturated carbocycles. The number of carbonyl (C=O) groups excluding carboxylic acids is 1. The number of benzene rings is 1. The summed E-state index contributed by atoms with van der Waals surface area (Å²) in [4.78, 5) is 26.5. The second kappa shape index (κ2) is 10.2. The van der Waals surface area contributed by atoms with E-state index in [1.165, 1.54) is 31.4 Å². The van der Waals surface area contributed by atoms with Crippen LogP contribution in [0.2, 0.25) is 0 Å². The van der Waals surface area contributed by atoms with Gasteiger partial charge in [-0.1, -0.05) is 30.3 Å². The maximum atomic E-state index is 12.9. The van der Waals surface area contributed by atoms with Crippen molar-refractivity contribution in [3.63, 3.8) is 0 Å². The molecule has 0 N–H and O–H groups in total. The Balaban J connectivity index is 1.28. The lowest BCUT2D eigenvalue weighted by Gasteiger charge is -2.32. The van der Waals surface area contributed by atoms with E-state index in [1.807, 2.05) is 11.8 Å². The number of nitrogens with zero attached hydrogens (tertiary/aromatic N) is 4. The van der Waals surface area contributed by atoms with Crippen LogP contribution in [-0.4, -0.2) is 58.4 Å². The zero-order valence-corrected chi connectivity index (χ0v) is 18.2. The predicted octanol–water partition coefficient (Wildman–Crippen LogP) is 3.91. The number of aromatic nitrogens is 2. The number of rotatable bonds is 7. The quantitative estimate of drug-likeness (QED) is 0.700. The van der Waals surface area contributed by atoms with Gasteiger partial charge in [0.05, 0.1) is 11.3 Å². The van der Waals surface area contributed by atoms with Crippen molar-refractivity contribution in [2.45, 2.75) is 51.9 Å². The summed E-state index contributed by atoms with van der Waals surface area (Å²) in [5.41, 5.74) is 3.12. The zero-order chi connectivity index (χ0) is 20.8. The Kier molecular flexibility index (Phi) is 7.11. The fourth-order valence-electron chi connectivity index (χ4n) is 4.78. The van der Waals surface area contributed by atoms with Crippen molar-refractivity contribution >= 4 is 5.91 Å². The molecule has 0 atom stereocenters. The van der Waals surface area contributed by atoms with Gasteiger partial charge < -0.3 is 9.80 Å². The molecule has 2 fully saturated rings. The van der Waals surface area contributed by atoms with Crippen LogP contribution in [0.3, 0.4) is 0 Å². The van der Waals surface area contributed by atoms with E-state index in [-0.39, 0.29) is 5.91 Å². The molecular formula is C25H34N4O. The molecule has 1 aromatic heterocycles. The third kappa shape index (κ3) is 5.45. The molecule has 0 radical (unpaired) electrons. The SMILES string of the molecule is Cc1ncc(C(=O)N2CCCC2)c(CC2CCN(CCCc3ccccc3)CC2)n1. The van der Waals surface area contributed by atoms with Gasteiger partial charge in [-0.05, 0) is 83.0 Å². The zero-order valence-electron chi connectivity index (χ0n) is 18.2. The fraction of sp³-hybridized carbons (Fsp3) is 0.560. The summed E-state index contributed by atoms with van der Waals surface area (Å²) in [5.74, 6) is 1.50. The summed E-state index contributed by atoms with van der Waals surface area (Å²) < 4.78 is 0. The first-order chi connectivity index (χ1) is 14.7. The molecule has 30 heavy (non-hydrogen) atoms. The van der Waals surface area contributed by atoms with Crippen molar-refractivity contribution in [2.75, 3.05) is 32.7 Å². The molecule has 0 unspecified atom stereocenters. The van der Waals surface area contributed by atoms with Gasteiger partial charge in [0.1, 0.15) is 5.82 Å². The number of likely N-dealkylation sites (tertiary alicyclic amines) is 2. The van der Waals surface area contributed by atoms with Crippen molar-refractivity contribution in [3.8, 4) is 0 Å². The number of piperidine rings is 1. The van der Waals surface area contributed by atoms with Crippen LogP contribution >= 0.6 is 0 Å². The lowest BCUT2D eigenvalue weighted by molar-refractivity contribution is 0.0790. The van der Waals surface area contributed by atoms with E-state index in [0.717, 1.165) is 68.9 Å². The van der Waals surface area contributed by atoms with Crippen LogP contribution in [0, 0.1) is 12.8 Å². The number of amides is 1. The van der Waals surface area contributed by atoms with Crippen LogP contribution in [0.5, 0.6) is 0 Å². The molecule has 2 saturated heterocycles. The standard InChI is InChI=1S/C25H34N4O/c1-20-26-19-23(25(30)29-14-5-6-15-29)24(27-20)18-22-11-16-28(17-12-22)13-7-10-21-8-3-2-4-9-21/h2-4,8-9,19,22H,5-7,10-18H2,1H3. The molecule has 0 aliphatic carbocycles. The van der Waals surface area contributed by atoms with Gasteiger partial charge in [-0.3, -0.25) is 4.79 Å². The average molecular weight is 407 g/mol. The molecule has 5 nitrogen and oxygen atoms in total. The highest BCUT2D eigenvalue weighted by atomic mass is 16.2. The van der Waals surface area contributed by atoms with E-state index in [4.69, 9.17) is 0 Å². The van der Waals surface area contributed by atoms with E-state index >= 15 is 0 Å². The second-order valence-corrected chi connectivity index (χ2v) is 8.86. The summed E-state index contributed by atoms with van der Waals surface area (Å²) in [7, 11) is 0. The minimum Gasteiger partial charge on any atom is -0.339 e. The number of hydrogen-bond donors (Lipinski definition) is 0. The minimum absolute atomic E-state index is 0.126. The Hall–Kier alpha value is -2.27. The Morgan fingerprint density at radius 1 is 1.07 bits per heavy atom. The summed E-state index contributed by atoms with van der Waals surface area (Å²) in [6.07, 6.45) is 9.62. The Labute approximate surface area is 180 Å². The topological polar surface area (TPSA) is 49.3 Å². The smallest absolute Gasteiger partial charge is 0.257 e. The van der Waals surface area contributed by atoms with Gasteiger partial charge in [-0.25, -0.2) is 9.97 Å². The first-order valence-electron chi connectivity index (χ1n) is 11.6. The normalized spacial score (nSPS) is 18.1. The molecule has 0 bridgehead atoms. The van der Waals surface area contributed by atoms with Crippen molar-refractivity contribution in [1.82, 2.24) is 19.8 Å². The second-order valence-electron chi connectivity index (χ2n) is 8.86. The van der Waals surface area contributed by atoms with E-state index in [1.54, 1.807) is 6.20 Å². The molecule has 1 amide bonds. The summed E-state index contributed by atoms with van der Waals surface area (Å²) in [5, 5.41) is 0. The van der Waals surface area contributed by atoms with E-state index in [9.17, 15) is 4.79 Å². The first kappa shape index (κ1) is 21.0. The molecule has 5 heteroatoms. The fourth-order valence-corrected chi connectivity index (χ4v) is 4.78. The highest BCUT2D eigenvalue weighted by molar-refractivity contribution is 5.95. The molecule has 2 aliphatic heterocycles. The van der Waals surface area contributed by atoms with Crippen LogP contribution < -0.4 is 0 Å². The minimum atomic E-state index is 0.126. The molecule has 4 rings (SSSR count). The van der Waals surface area contributed by atoms with Gasteiger partial charge in [0.15, 0.2) is 0 Å². The lowest BCUT2D eigenvalue weighted by Crippen LogP contribution is -2.35. The van der Waals surface area contributed by atoms with Gasteiger partial charge in [0.25, 0.3) is 5.91 Å².